The predicted molar refractivity (Wildman–Crippen MR) is 48.4 cm³/mol. The fourth-order valence-corrected chi connectivity index (χ4v) is 0.948. The quantitative estimate of drug-likeness (QED) is 0.577. The van der Waals surface area contributed by atoms with Gasteiger partial charge in [0.2, 0.25) is 0 Å². The highest BCUT2D eigenvalue weighted by atomic mass is 16.4. The van der Waals surface area contributed by atoms with E-state index in [9.17, 15) is 4.79 Å². The van der Waals surface area contributed by atoms with Crippen LogP contribution in [-0.4, -0.2) is 27.9 Å². The lowest BCUT2D eigenvalue weighted by molar-refractivity contribution is -0.116. The van der Waals surface area contributed by atoms with E-state index in [2.05, 4.69) is 4.98 Å². The molecule has 2 N–H and O–H groups in total. The molecule has 0 radical (unpaired) electrons. The summed E-state index contributed by atoms with van der Waals surface area (Å²) in [5.74, 6) is 0.0322. The second kappa shape index (κ2) is 4.16. The Morgan fingerprint density at radius 2 is 2.23 bits per heavy atom. The van der Waals surface area contributed by atoms with Crippen LogP contribution in [0.2, 0.25) is 0 Å². The summed E-state index contributed by atoms with van der Waals surface area (Å²) in [6, 6.07) is 3.14. The summed E-state index contributed by atoms with van der Waals surface area (Å²) in [4.78, 5) is 14.6. The molecule has 0 aliphatic carbocycles. The number of carbonyl (C=O) groups is 1. The molecule has 0 aromatic carbocycles. The first kappa shape index (κ1) is 9.89. The first-order valence-electron chi connectivity index (χ1n) is 3.90. The van der Waals surface area contributed by atoms with E-state index < -0.39 is 7.12 Å². The molecule has 1 aromatic heterocycles. The van der Waals surface area contributed by atoms with Crippen molar-refractivity contribution in [2.75, 3.05) is 0 Å². The molecule has 0 aliphatic heterocycles. The second-order valence-electron chi connectivity index (χ2n) is 2.84. The summed E-state index contributed by atoms with van der Waals surface area (Å²) >= 11 is 0. The fraction of sp³-hybridized carbons (Fsp3) is 0.250. The molecule has 0 spiro atoms. The lowest BCUT2D eigenvalue weighted by Gasteiger charge is -1.99. The summed E-state index contributed by atoms with van der Waals surface area (Å²) in [7, 11) is -1.50. The molecule has 0 unspecified atom stereocenters. The summed E-state index contributed by atoms with van der Waals surface area (Å²) in [6.07, 6.45) is 1.63. The van der Waals surface area contributed by atoms with Crippen molar-refractivity contribution >= 4 is 18.4 Å². The number of hydrogen-bond acceptors (Lipinski definition) is 4. The van der Waals surface area contributed by atoms with Gasteiger partial charge < -0.3 is 10.0 Å². The smallest absolute Gasteiger partial charge is 0.423 e. The normalized spacial score (nSPS) is 9.77. The number of ketones is 1. The van der Waals surface area contributed by atoms with Gasteiger partial charge in [-0.25, -0.2) is 0 Å². The zero-order valence-electron chi connectivity index (χ0n) is 7.27. The van der Waals surface area contributed by atoms with Gasteiger partial charge in [0.25, 0.3) is 0 Å². The van der Waals surface area contributed by atoms with Crippen molar-refractivity contribution in [3.63, 3.8) is 0 Å². The number of carbonyl (C=O) groups excluding carboxylic acids is 1. The molecule has 1 heterocycles. The molecule has 0 saturated carbocycles. The van der Waals surface area contributed by atoms with E-state index in [-0.39, 0.29) is 12.2 Å². The predicted octanol–water partition coefficient (Wildman–Crippen LogP) is -1.11. The zero-order chi connectivity index (χ0) is 9.84. The summed E-state index contributed by atoms with van der Waals surface area (Å²) in [5.41, 5.74) is 0.962. The van der Waals surface area contributed by atoms with Gasteiger partial charge in [0, 0.05) is 23.8 Å². The molecule has 0 saturated heterocycles. The maximum Gasteiger partial charge on any atom is 0.490 e. The highest BCUT2D eigenvalue weighted by molar-refractivity contribution is 6.58. The van der Waals surface area contributed by atoms with Gasteiger partial charge in [-0.15, -0.1) is 0 Å². The maximum absolute atomic E-state index is 10.7. The SMILES string of the molecule is CC(=O)Cc1ccc(B(O)O)cn1. The molecule has 1 rings (SSSR count). The zero-order valence-corrected chi connectivity index (χ0v) is 7.27. The maximum atomic E-state index is 10.7. The second-order valence-corrected chi connectivity index (χ2v) is 2.84. The van der Waals surface area contributed by atoms with E-state index in [1.807, 2.05) is 0 Å². The topological polar surface area (TPSA) is 70.4 Å². The van der Waals surface area contributed by atoms with Crippen LogP contribution in [0.25, 0.3) is 0 Å². The number of hydrogen-bond donors (Lipinski definition) is 2. The van der Waals surface area contributed by atoms with Crippen molar-refractivity contribution < 1.29 is 14.8 Å². The van der Waals surface area contributed by atoms with Gasteiger partial charge in [0.15, 0.2) is 0 Å². The van der Waals surface area contributed by atoms with Crippen LogP contribution in [0.15, 0.2) is 18.3 Å². The third kappa shape index (κ3) is 2.97. The number of nitrogens with zero attached hydrogens (tertiary/aromatic N) is 1. The fourth-order valence-electron chi connectivity index (χ4n) is 0.948. The van der Waals surface area contributed by atoms with Crippen LogP contribution in [0, 0.1) is 0 Å². The van der Waals surface area contributed by atoms with Gasteiger partial charge in [-0.1, -0.05) is 6.07 Å². The van der Waals surface area contributed by atoms with Crippen LogP contribution < -0.4 is 5.46 Å². The molecule has 0 amide bonds. The summed E-state index contributed by atoms with van der Waals surface area (Å²) < 4.78 is 0. The monoisotopic (exact) mass is 179 g/mol. The average molecular weight is 179 g/mol. The molecule has 0 bridgehead atoms. The Balaban J connectivity index is 2.75. The minimum Gasteiger partial charge on any atom is -0.423 e. The van der Waals surface area contributed by atoms with Crippen LogP contribution in [0.1, 0.15) is 12.6 Å². The van der Waals surface area contributed by atoms with Crippen LogP contribution >= 0.6 is 0 Å². The van der Waals surface area contributed by atoms with E-state index in [0.29, 0.717) is 11.2 Å². The highest BCUT2D eigenvalue weighted by Gasteiger charge is 2.10. The lowest BCUT2D eigenvalue weighted by atomic mass is 9.81. The molecular weight excluding hydrogens is 169 g/mol. The number of Topliss-reactive ketones (excluding diaryl/α,β-unsaturated/α-hetero) is 1. The Bertz CT molecular complexity index is 297. The van der Waals surface area contributed by atoms with Crippen molar-refractivity contribution in [3.05, 3.63) is 24.0 Å². The van der Waals surface area contributed by atoms with Gasteiger partial charge in [-0.3, -0.25) is 9.78 Å². The average Bonchev–Trinajstić information content (AvgIpc) is 2.04. The molecule has 4 nitrogen and oxygen atoms in total. The van der Waals surface area contributed by atoms with Crippen molar-refractivity contribution in [2.24, 2.45) is 0 Å². The Hall–Kier alpha value is -1.20. The van der Waals surface area contributed by atoms with Gasteiger partial charge in [0.1, 0.15) is 5.78 Å². The third-order valence-electron chi connectivity index (χ3n) is 1.58. The first-order chi connectivity index (χ1) is 6.09. The number of aromatic nitrogens is 1. The minimum atomic E-state index is -1.50. The molecule has 0 aliphatic rings. The number of rotatable bonds is 3. The molecule has 68 valence electrons. The van der Waals surface area contributed by atoms with E-state index >= 15 is 0 Å². The molecular formula is C8H10BNO3. The largest absolute Gasteiger partial charge is 0.490 e. The Morgan fingerprint density at radius 1 is 1.54 bits per heavy atom. The highest BCUT2D eigenvalue weighted by Crippen LogP contribution is 1.94. The van der Waals surface area contributed by atoms with Crippen molar-refractivity contribution in [1.82, 2.24) is 4.98 Å². The van der Waals surface area contributed by atoms with Gasteiger partial charge in [-0.2, -0.15) is 0 Å². The molecule has 5 heteroatoms. The van der Waals surface area contributed by atoms with E-state index in [1.165, 1.54) is 19.2 Å². The van der Waals surface area contributed by atoms with Crippen LogP contribution in [-0.2, 0) is 11.2 Å². The van der Waals surface area contributed by atoms with Crippen LogP contribution in [0.4, 0.5) is 0 Å². The van der Waals surface area contributed by atoms with Gasteiger partial charge >= 0.3 is 7.12 Å². The van der Waals surface area contributed by atoms with Gasteiger partial charge in [0.05, 0.1) is 0 Å². The van der Waals surface area contributed by atoms with E-state index in [4.69, 9.17) is 10.0 Å². The van der Waals surface area contributed by atoms with Crippen molar-refractivity contribution in [3.8, 4) is 0 Å². The third-order valence-corrected chi connectivity index (χ3v) is 1.58. The Labute approximate surface area is 76.4 Å². The summed E-state index contributed by atoms with van der Waals surface area (Å²) in [5, 5.41) is 17.5. The molecule has 1 aromatic rings. The molecule has 0 fully saturated rings. The minimum absolute atomic E-state index is 0.0322. The van der Waals surface area contributed by atoms with Crippen molar-refractivity contribution in [1.29, 1.82) is 0 Å². The van der Waals surface area contributed by atoms with Crippen LogP contribution in [0.3, 0.4) is 0 Å². The Morgan fingerprint density at radius 3 is 2.62 bits per heavy atom. The van der Waals surface area contributed by atoms with E-state index in [1.54, 1.807) is 6.07 Å². The Kier molecular flexibility index (Phi) is 3.16. The lowest BCUT2D eigenvalue weighted by Crippen LogP contribution is -2.30. The van der Waals surface area contributed by atoms with Crippen molar-refractivity contribution in [2.45, 2.75) is 13.3 Å². The number of pyridine rings is 1. The van der Waals surface area contributed by atoms with E-state index in [0.717, 1.165) is 0 Å². The standard InChI is InChI=1S/C8H10BNO3/c1-6(11)4-8-3-2-7(5-10-8)9(12)13/h2-3,5,12-13H,4H2,1H3. The molecule has 0 atom stereocenters. The first-order valence-corrected chi connectivity index (χ1v) is 3.90. The van der Waals surface area contributed by atoms with Crippen LogP contribution in [0.5, 0.6) is 0 Å². The van der Waals surface area contributed by atoms with Gasteiger partial charge in [-0.05, 0) is 13.0 Å². The summed E-state index contributed by atoms with van der Waals surface area (Å²) in [6.45, 7) is 1.48. The molecule has 13 heavy (non-hydrogen) atoms.